The fraction of sp³-hybridized carbons (Fsp3) is 0.235. The van der Waals surface area contributed by atoms with Crippen molar-refractivity contribution in [3.63, 3.8) is 0 Å². The lowest BCUT2D eigenvalue weighted by atomic mass is 10.2. The van der Waals surface area contributed by atoms with E-state index in [-0.39, 0.29) is 28.2 Å². The number of nitrogens with one attached hydrogen (secondary N) is 2. The van der Waals surface area contributed by atoms with E-state index >= 15 is 0 Å². The zero-order valence-electron chi connectivity index (χ0n) is 15.2. The number of nitrogens with zero attached hydrogens (tertiary/aromatic N) is 4. The van der Waals surface area contributed by atoms with Crippen LogP contribution in [0.2, 0.25) is 5.02 Å². The van der Waals surface area contributed by atoms with Gasteiger partial charge in [-0.25, -0.2) is 22.2 Å². The molecule has 154 valence electrons. The smallest absolute Gasteiger partial charge is 0.257 e. The molecule has 0 aliphatic heterocycles. The first-order valence-electron chi connectivity index (χ1n) is 8.34. The summed E-state index contributed by atoms with van der Waals surface area (Å²) in [6.07, 6.45) is 2.76. The van der Waals surface area contributed by atoms with Gasteiger partial charge in [-0.15, -0.1) is 0 Å². The lowest BCUT2D eigenvalue weighted by Crippen LogP contribution is -2.09. The molecule has 0 aliphatic rings. The summed E-state index contributed by atoms with van der Waals surface area (Å²) in [7, 11) is -3.38. The van der Waals surface area contributed by atoms with E-state index in [0.29, 0.717) is 11.3 Å². The van der Waals surface area contributed by atoms with Gasteiger partial charge in [0.2, 0.25) is 5.95 Å². The molecule has 8 nitrogen and oxygen atoms in total. The molecule has 0 radical (unpaired) electrons. The van der Waals surface area contributed by atoms with Gasteiger partial charge in [-0.2, -0.15) is 10.1 Å². The minimum atomic E-state index is -3.38. The molecule has 2 N–H and O–H groups in total. The van der Waals surface area contributed by atoms with E-state index in [2.05, 4.69) is 25.7 Å². The molecule has 0 amide bonds. The molecule has 0 saturated carbocycles. The second-order valence-corrected chi connectivity index (χ2v) is 8.48. The number of hydrogen-bond donors (Lipinski definition) is 2. The number of halogens is 3. The maximum atomic E-state index is 12.4. The summed E-state index contributed by atoms with van der Waals surface area (Å²) < 4.78 is 49.8. The molecule has 0 bridgehead atoms. The third kappa shape index (κ3) is 5.61. The number of alkyl halides is 2. The van der Waals surface area contributed by atoms with Crippen LogP contribution in [0.25, 0.3) is 0 Å². The first-order chi connectivity index (χ1) is 13.7. The standard InChI is InChI=1S/C17H17ClF2N6O2S/c1-29(27,28)14-5-3-2-4-11(14)6-21-16-13(18)8-22-17(25-16)24-12-7-23-26(9-12)10-15(19)20/h2-5,7-9,15H,6,10H2,1H3,(H2,21,22,24,25). The molecule has 2 aromatic heterocycles. The van der Waals surface area contributed by atoms with Crippen molar-refractivity contribution in [1.29, 1.82) is 0 Å². The molecule has 0 atom stereocenters. The Bertz CT molecular complexity index is 1110. The Balaban J connectivity index is 1.74. The van der Waals surface area contributed by atoms with Crippen LogP contribution >= 0.6 is 11.6 Å². The number of aromatic nitrogens is 4. The highest BCUT2D eigenvalue weighted by Crippen LogP contribution is 2.23. The monoisotopic (exact) mass is 442 g/mol. The summed E-state index contributed by atoms with van der Waals surface area (Å²) in [6.45, 7) is -0.346. The van der Waals surface area contributed by atoms with Gasteiger partial charge in [0.05, 0.1) is 23.0 Å². The fourth-order valence-corrected chi connectivity index (χ4v) is 3.64. The van der Waals surface area contributed by atoms with E-state index in [1.807, 2.05) is 0 Å². The Hall–Kier alpha value is -2.79. The number of anilines is 3. The summed E-state index contributed by atoms with van der Waals surface area (Å²) in [5.41, 5.74) is 0.994. The quantitative estimate of drug-likeness (QED) is 0.551. The van der Waals surface area contributed by atoms with Gasteiger partial charge in [-0.1, -0.05) is 29.8 Å². The molecule has 29 heavy (non-hydrogen) atoms. The van der Waals surface area contributed by atoms with Gasteiger partial charge in [0.15, 0.2) is 15.7 Å². The van der Waals surface area contributed by atoms with E-state index in [1.54, 1.807) is 18.2 Å². The summed E-state index contributed by atoms with van der Waals surface area (Å²) in [5, 5.41) is 9.90. The zero-order chi connectivity index (χ0) is 21.0. The number of rotatable bonds is 8. The molecule has 0 saturated heterocycles. The molecule has 3 aromatic rings. The molecule has 0 unspecified atom stereocenters. The van der Waals surface area contributed by atoms with Gasteiger partial charge in [-0.3, -0.25) is 4.68 Å². The average Bonchev–Trinajstić information content (AvgIpc) is 3.07. The first-order valence-corrected chi connectivity index (χ1v) is 10.6. The normalized spacial score (nSPS) is 11.6. The highest BCUT2D eigenvalue weighted by Gasteiger charge is 2.14. The molecular weight excluding hydrogens is 426 g/mol. The van der Waals surface area contributed by atoms with Crippen LogP contribution < -0.4 is 10.6 Å². The zero-order valence-corrected chi connectivity index (χ0v) is 16.8. The largest absolute Gasteiger partial charge is 0.365 e. The molecular formula is C17H17ClF2N6O2S. The lowest BCUT2D eigenvalue weighted by molar-refractivity contribution is 0.122. The van der Waals surface area contributed by atoms with Crippen molar-refractivity contribution in [3.8, 4) is 0 Å². The van der Waals surface area contributed by atoms with Gasteiger partial charge in [0.25, 0.3) is 6.43 Å². The van der Waals surface area contributed by atoms with Crippen LogP contribution in [0.4, 0.5) is 26.2 Å². The molecule has 3 rings (SSSR count). The van der Waals surface area contributed by atoms with Gasteiger partial charge in [-0.05, 0) is 11.6 Å². The van der Waals surface area contributed by atoms with E-state index in [1.165, 1.54) is 24.7 Å². The average molecular weight is 443 g/mol. The SMILES string of the molecule is CS(=O)(=O)c1ccccc1CNc1nc(Nc2cnn(CC(F)F)c2)ncc1Cl. The van der Waals surface area contributed by atoms with Crippen LogP contribution in [0.15, 0.2) is 47.8 Å². The Labute approximate surface area is 170 Å². The van der Waals surface area contributed by atoms with Crippen LogP contribution in [0.1, 0.15) is 5.56 Å². The van der Waals surface area contributed by atoms with Crippen molar-refractivity contribution >= 4 is 38.9 Å². The van der Waals surface area contributed by atoms with Crippen molar-refractivity contribution in [1.82, 2.24) is 19.7 Å². The van der Waals surface area contributed by atoms with Gasteiger partial charge in [0, 0.05) is 19.0 Å². The van der Waals surface area contributed by atoms with Crippen LogP contribution in [0.3, 0.4) is 0 Å². The highest BCUT2D eigenvalue weighted by molar-refractivity contribution is 7.90. The van der Waals surface area contributed by atoms with Crippen LogP contribution in [-0.2, 0) is 22.9 Å². The number of hydrogen-bond acceptors (Lipinski definition) is 7. The minimum Gasteiger partial charge on any atom is -0.365 e. The summed E-state index contributed by atoms with van der Waals surface area (Å²) in [4.78, 5) is 8.50. The summed E-state index contributed by atoms with van der Waals surface area (Å²) in [6, 6.07) is 6.60. The Morgan fingerprint density at radius 1 is 1.24 bits per heavy atom. The molecule has 1 aromatic carbocycles. The second-order valence-electron chi connectivity index (χ2n) is 6.09. The Kier molecular flexibility index (Phi) is 6.28. The van der Waals surface area contributed by atoms with Crippen LogP contribution in [0.5, 0.6) is 0 Å². The van der Waals surface area contributed by atoms with Gasteiger partial charge >= 0.3 is 0 Å². The lowest BCUT2D eigenvalue weighted by Gasteiger charge is -2.11. The topological polar surface area (TPSA) is 102 Å². The molecule has 12 heteroatoms. The predicted molar refractivity (Wildman–Crippen MR) is 105 cm³/mol. The predicted octanol–water partition coefficient (Wildman–Crippen LogP) is 3.35. The van der Waals surface area contributed by atoms with E-state index in [0.717, 1.165) is 10.9 Å². The minimum absolute atomic E-state index is 0.171. The van der Waals surface area contributed by atoms with Gasteiger partial charge < -0.3 is 10.6 Å². The maximum absolute atomic E-state index is 12.4. The third-order valence-electron chi connectivity index (χ3n) is 3.78. The molecule has 0 aliphatic carbocycles. The van der Waals surface area contributed by atoms with Crippen molar-refractivity contribution in [2.24, 2.45) is 0 Å². The number of benzene rings is 1. The van der Waals surface area contributed by atoms with Crippen LogP contribution in [0, 0.1) is 0 Å². The maximum Gasteiger partial charge on any atom is 0.257 e. The summed E-state index contributed by atoms with van der Waals surface area (Å²) >= 11 is 6.12. The second kappa shape index (κ2) is 8.70. The fourth-order valence-electron chi connectivity index (χ4n) is 2.54. The first kappa shape index (κ1) is 20.9. The highest BCUT2D eigenvalue weighted by atomic mass is 35.5. The van der Waals surface area contributed by atoms with Crippen molar-refractivity contribution < 1.29 is 17.2 Å². The summed E-state index contributed by atoms with van der Waals surface area (Å²) in [5.74, 6) is 0.456. The van der Waals surface area contributed by atoms with Crippen LogP contribution in [-0.4, -0.2) is 40.8 Å². The Morgan fingerprint density at radius 3 is 2.72 bits per heavy atom. The number of sulfone groups is 1. The molecule has 2 heterocycles. The molecule has 0 spiro atoms. The van der Waals surface area contributed by atoms with E-state index < -0.39 is 22.8 Å². The Morgan fingerprint density at radius 2 is 2.00 bits per heavy atom. The third-order valence-corrected chi connectivity index (χ3v) is 5.25. The molecule has 0 fully saturated rings. The van der Waals surface area contributed by atoms with Crippen molar-refractivity contribution in [2.45, 2.75) is 24.4 Å². The van der Waals surface area contributed by atoms with Crippen molar-refractivity contribution in [3.05, 3.63) is 53.4 Å². The van der Waals surface area contributed by atoms with E-state index in [9.17, 15) is 17.2 Å². The van der Waals surface area contributed by atoms with Crippen molar-refractivity contribution in [2.75, 3.05) is 16.9 Å². The van der Waals surface area contributed by atoms with E-state index in [4.69, 9.17) is 11.6 Å². The van der Waals surface area contributed by atoms with Gasteiger partial charge in [0.1, 0.15) is 11.6 Å².